The molecule has 0 aliphatic carbocycles. The van der Waals surface area contributed by atoms with Gasteiger partial charge in [-0.3, -0.25) is 4.98 Å². The molecule has 2 aromatic heterocycles. The van der Waals surface area contributed by atoms with Gasteiger partial charge < -0.3 is 0 Å². The second-order valence-electron chi connectivity index (χ2n) is 4.22. The summed E-state index contributed by atoms with van der Waals surface area (Å²) in [4.78, 5) is 10.3. The first-order valence-corrected chi connectivity index (χ1v) is 5.99. The number of aryl methyl sites for hydroxylation is 1. The van der Waals surface area contributed by atoms with E-state index in [-0.39, 0.29) is 16.8 Å². The molecule has 0 unspecified atom stereocenters. The van der Waals surface area contributed by atoms with E-state index in [1.807, 2.05) is 0 Å². The van der Waals surface area contributed by atoms with Crippen LogP contribution in [0.5, 0.6) is 0 Å². The molecule has 0 atom stereocenters. The summed E-state index contributed by atoms with van der Waals surface area (Å²) in [5, 5.41) is 0. The van der Waals surface area contributed by atoms with Gasteiger partial charge in [0.2, 0.25) is 5.82 Å². The van der Waals surface area contributed by atoms with Crippen molar-refractivity contribution in [1.82, 2.24) is 15.0 Å². The summed E-state index contributed by atoms with van der Waals surface area (Å²) >= 11 is 0. The number of aromatic nitrogens is 3. The molecule has 0 radical (unpaired) electrons. The highest BCUT2D eigenvalue weighted by Gasteiger charge is 2.34. The Labute approximate surface area is 116 Å². The zero-order valence-corrected chi connectivity index (χ0v) is 10.8. The summed E-state index contributed by atoms with van der Waals surface area (Å²) < 4.78 is 62.6. The van der Waals surface area contributed by atoms with Crippen molar-refractivity contribution in [3.05, 3.63) is 41.6 Å². The standard InChI is InChI=1S/C13H10F5N3/c1-2-7-3-10(19-6-9(7)11(14)15)8-4-20-12(21-5-8)13(16,17)18/h3-6,11H,2H2,1H3. The Hall–Kier alpha value is -2.12. The van der Waals surface area contributed by atoms with Gasteiger partial charge in [0.1, 0.15) is 0 Å². The zero-order valence-electron chi connectivity index (χ0n) is 10.8. The van der Waals surface area contributed by atoms with Crippen LogP contribution in [0.25, 0.3) is 11.3 Å². The SMILES string of the molecule is CCc1cc(-c2cnc(C(F)(F)F)nc2)ncc1C(F)F. The van der Waals surface area contributed by atoms with Gasteiger partial charge >= 0.3 is 6.18 Å². The molecule has 8 heteroatoms. The fourth-order valence-corrected chi connectivity index (χ4v) is 1.77. The van der Waals surface area contributed by atoms with Crippen LogP contribution in [0.3, 0.4) is 0 Å². The summed E-state index contributed by atoms with van der Waals surface area (Å²) in [6.45, 7) is 1.70. The van der Waals surface area contributed by atoms with Crippen LogP contribution in [0, 0.1) is 0 Å². The summed E-state index contributed by atoms with van der Waals surface area (Å²) in [6.07, 6.45) is -3.95. The smallest absolute Gasteiger partial charge is 0.256 e. The van der Waals surface area contributed by atoms with Gasteiger partial charge in [0, 0.05) is 29.7 Å². The van der Waals surface area contributed by atoms with Crippen LogP contribution in [-0.4, -0.2) is 15.0 Å². The van der Waals surface area contributed by atoms with Crippen LogP contribution in [0.15, 0.2) is 24.7 Å². The Bertz CT molecular complexity index is 623. The van der Waals surface area contributed by atoms with E-state index in [0.29, 0.717) is 12.0 Å². The van der Waals surface area contributed by atoms with Crippen LogP contribution in [-0.2, 0) is 12.6 Å². The van der Waals surface area contributed by atoms with Crippen LogP contribution >= 0.6 is 0 Å². The molecule has 0 amide bonds. The topological polar surface area (TPSA) is 38.7 Å². The predicted molar refractivity (Wildman–Crippen MR) is 64.6 cm³/mol. The zero-order chi connectivity index (χ0) is 15.6. The molecular formula is C13H10F5N3. The Morgan fingerprint density at radius 2 is 1.67 bits per heavy atom. The second kappa shape index (κ2) is 5.71. The quantitative estimate of drug-likeness (QED) is 0.803. The lowest BCUT2D eigenvalue weighted by Crippen LogP contribution is -2.10. The molecule has 0 aliphatic heterocycles. The molecule has 2 rings (SSSR count). The first-order valence-electron chi connectivity index (χ1n) is 5.99. The van der Waals surface area contributed by atoms with Gasteiger partial charge in [-0.05, 0) is 18.1 Å². The predicted octanol–water partition coefficient (Wildman–Crippen LogP) is 4.06. The van der Waals surface area contributed by atoms with Crippen molar-refractivity contribution in [1.29, 1.82) is 0 Å². The Kier molecular flexibility index (Phi) is 4.15. The molecule has 3 nitrogen and oxygen atoms in total. The van der Waals surface area contributed by atoms with Crippen molar-refractivity contribution in [2.45, 2.75) is 25.9 Å². The van der Waals surface area contributed by atoms with E-state index in [9.17, 15) is 22.0 Å². The Morgan fingerprint density at radius 1 is 1.05 bits per heavy atom. The summed E-state index contributed by atoms with van der Waals surface area (Å²) in [6, 6.07) is 1.41. The molecule has 0 spiro atoms. The maximum absolute atomic E-state index is 12.7. The van der Waals surface area contributed by atoms with Crippen molar-refractivity contribution in [3.63, 3.8) is 0 Å². The van der Waals surface area contributed by atoms with Crippen molar-refractivity contribution in [3.8, 4) is 11.3 Å². The maximum atomic E-state index is 12.7. The van der Waals surface area contributed by atoms with Gasteiger partial charge in [-0.2, -0.15) is 13.2 Å². The number of rotatable bonds is 3. The molecule has 0 saturated carbocycles. The van der Waals surface area contributed by atoms with E-state index in [2.05, 4.69) is 15.0 Å². The van der Waals surface area contributed by atoms with Crippen molar-refractivity contribution >= 4 is 0 Å². The van der Waals surface area contributed by atoms with Gasteiger partial charge in [0.05, 0.1) is 5.69 Å². The third-order valence-electron chi connectivity index (χ3n) is 2.84. The van der Waals surface area contributed by atoms with E-state index < -0.39 is 18.4 Å². The minimum absolute atomic E-state index is 0.186. The fourth-order valence-electron chi connectivity index (χ4n) is 1.77. The van der Waals surface area contributed by atoms with E-state index in [1.165, 1.54) is 6.07 Å². The largest absolute Gasteiger partial charge is 0.451 e. The molecule has 0 saturated heterocycles. The van der Waals surface area contributed by atoms with Crippen molar-refractivity contribution in [2.75, 3.05) is 0 Å². The van der Waals surface area contributed by atoms with E-state index in [4.69, 9.17) is 0 Å². The van der Waals surface area contributed by atoms with Crippen LogP contribution in [0.2, 0.25) is 0 Å². The number of hydrogen-bond acceptors (Lipinski definition) is 3. The molecule has 2 aromatic rings. The van der Waals surface area contributed by atoms with Gasteiger partial charge in [-0.1, -0.05) is 6.92 Å². The molecule has 0 bridgehead atoms. The highest BCUT2D eigenvalue weighted by atomic mass is 19.4. The third kappa shape index (κ3) is 3.32. The molecule has 21 heavy (non-hydrogen) atoms. The second-order valence-corrected chi connectivity index (χ2v) is 4.22. The average molecular weight is 303 g/mol. The average Bonchev–Trinajstić information content (AvgIpc) is 2.45. The minimum Gasteiger partial charge on any atom is -0.256 e. The molecule has 112 valence electrons. The van der Waals surface area contributed by atoms with E-state index in [0.717, 1.165) is 18.6 Å². The first kappa shape index (κ1) is 15.3. The van der Waals surface area contributed by atoms with Gasteiger partial charge in [-0.25, -0.2) is 18.7 Å². The molecule has 2 heterocycles. The number of hydrogen-bond donors (Lipinski definition) is 0. The van der Waals surface area contributed by atoms with Crippen LogP contribution < -0.4 is 0 Å². The minimum atomic E-state index is -4.62. The lowest BCUT2D eigenvalue weighted by atomic mass is 10.1. The number of alkyl halides is 5. The molecule has 0 aliphatic rings. The van der Waals surface area contributed by atoms with Gasteiger partial charge in [0.25, 0.3) is 6.43 Å². The Morgan fingerprint density at radius 3 is 2.14 bits per heavy atom. The lowest BCUT2D eigenvalue weighted by Gasteiger charge is -2.09. The summed E-state index contributed by atoms with van der Waals surface area (Å²) in [5.41, 5.74) is 0.687. The molecule has 0 fully saturated rings. The van der Waals surface area contributed by atoms with Crippen molar-refractivity contribution in [2.24, 2.45) is 0 Å². The van der Waals surface area contributed by atoms with Gasteiger partial charge in [-0.15, -0.1) is 0 Å². The van der Waals surface area contributed by atoms with Gasteiger partial charge in [0.15, 0.2) is 0 Å². The van der Waals surface area contributed by atoms with Crippen molar-refractivity contribution < 1.29 is 22.0 Å². The monoisotopic (exact) mass is 303 g/mol. The number of halogens is 5. The molecular weight excluding hydrogens is 293 g/mol. The highest BCUT2D eigenvalue weighted by Crippen LogP contribution is 2.28. The molecule has 0 N–H and O–H groups in total. The first-order chi connectivity index (χ1) is 9.82. The lowest BCUT2D eigenvalue weighted by molar-refractivity contribution is -0.144. The van der Waals surface area contributed by atoms with Crippen LogP contribution in [0.4, 0.5) is 22.0 Å². The number of pyridine rings is 1. The maximum Gasteiger partial charge on any atom is 0.451 e. The van der Waals surface area contributed by atoms with E-state index in [1.54, 1.807) is 6.92 Å². The number of nitrogens with zero attached hydrogens (tertiary/aromatic N) is 3. The normalized spacial score (nSPS) is 12.0. The van der Waals surface area contributed by atoms with Crippen LogP contribution in [0.1, 0.15) is 30.3 Å². The molecule has 0 aromatic carbocycles. The van der Waals surface area contributed by atoms with E-state index >= 15 is 0 Å². The summed E-state index contributed by atoms with van der Waals surface area (Å²) in [5.74, 6) is -1.26. The fraction of sp³-hybridized carbons (Fsp3) is 0.308. The third-order valence-corrected chi connectivity index (χ3v) is 2.84. The Balaban J connectivity index is 2.38. The highest BCUT2D eigenvalue weighted by molar-refractivity contribution is 5.58. The summed E-state index contributed by atoms with van der Waals surface area (Å²) in [7, 11) is 0.